The molecule has 1 rings (SSSR count). The molecule has 0 saturated heterocycles. The van der Waals surface area contributed by atoms with Crippen LogP contribution >= 0.6 is 0 Å². The SMILES string of the molecule is C#Cc1cnc(NCCCCCCC(C)C)c(CO)n1. The lowest BCUT2D eigenvalue weighted by atomic mass is 10.0. The van der Waals surface area contributed by atoms with E-state index < -0.39 is 0 Å². The normalized spacial score (nSPS) is 10.6. The average Bonchev–Trinajstić information content (AvgIpc) is 2.46. The van der Waals surface area contributed by atoms with Gasteiger partial charge in [0.25, 0.3) is 0 Å². The molecule has 4 nitrogen and oxygen atoms in total. The molecule has 0 amide bonds. The van der Waals surface area contributed by atoms with Crippen molar-refractivity contribution < 1.29 is 5.11 Å². The van der Waals surface area contributed by atoms with E-state index in [2.05, 4.69) is 35.1 Å². The smallest absolute Gasteiger partial charge is 0.150 e. The van der Waals surface area contributed by atoms with E-state index in [1.165, 1.54) is 25.7 Å². The Hall–Kier alpha value is -1.60. The summed E-state index contributed by atoms with van der Waals surface area (Å²) in [5.74, 6) is 3.85. The Bertz CT molecular complexity index is 438. The molecule has 20 heavy (non-hydrogen) atoms. The molecule has 0 saturated carbocycles. The second kappa shape index (κ2) is 9.33. The second-order valence-corrected chi connectivity index (χ2v) is 5.38. The Balaban J connectivity index is 2.27. The zero-order valence-electron chi connectivity index (χ0n) is 12.5. The zero-order valence-corrected chi connectivity index (χ0v) is 12.5. The van der Waals surface area contributed by atoms with Crippen LogP contribution in [0.4, 0.5) is 5.82 Å². The number of hydrogen-bond acceptors (Lipinski definition) is 4. The number of nitrogens with one attached hydrogen (secondary N) is 1. The maximum absolute atomic E-state index is 9.25. The zero-order chi connectivity index (χ0) is 14.8. The Kier molecular flexibility index (Phi) is 7.67. The maximum Gasteiger partial charge on any atom is 0.150 e. The number of anilines is 1. The van der Waals surface area contributed by atoms with Gasteiger partial charge in [-0.25, -0.2) is 9.97 Å². The summed E-state index contributed by atoms with van der Waals surface area (Å²) in [7, 11) is 0. The Labute approximate surface area is 122 Å². The van der Waals surface area contributed by atoms with Crippen LogP contribution < -0.4 is 5.32 Å². The molecule has 1 heterocycles. The van der Waals surface area contributed by atoms with Crippen molar-refractivity contribution in [2.45, 2.75) is 52.6 Å². The third-order valence-electron chi connectivity index (χ3n) is 3.14. The molecular weight excluding hydrogens is 250 g/mol. The molecule has 0 aliphatic heterocycles. The van der Waals surface area contributed by atoms with Crippen LogP contribution in [0, 0.1) is 18.3 Å². The van der Waals surface area contributed by atoms with E-state index >= 15 is 0 Å². The predicted octanol–water partition coefficient (Wildman–Crippen LogP) is 2.97. The van der Waals surface area contributed by atoms with Crippen LogP contribution in [0.25, 0.3) is 0 Å². The van der Waals surface area contributed by atoms with Crippen molar-refractivity contribution in [2.24, 2.45) is 5.92 Å². The van der Waals surface area contributed by atoms with Crippen LogP contribution in [-0.2, 0) is 6.61 Å². The van der Waals surface area contributed by atoms with Crippen LogP contribution in [0.2, 0.25) is 0 Å². The number of hydrogen-bond donors (Lipinski definition) is 2. The van der Waals surface area contributed by atoms with Gasteiger partial charge in [-0.15, -0.1) is 6.42 Å². The van der Waals surface area contributed by atoms with Gasteiger partial charge in [0.05, 0.1) is 12.8 Å². The highest BCUT2D eigenvalue weighted by Gasteiger charge is 2.05. The van der Waals surface area contributed by atoms with Crippen LogP contribution in [0.3, 0.4) is 0 Å². The highest BCUT2D eigenvalue weighted by Crippen LogP contribution is 2.12. The number of rotatable bonds is 9. The predicted molar refractivity (Wildman–Crippen MR) is 82.3 cm³/mol. The molecule has 110 valence electrons. The monoisotopic (exact) mass is 275 g/mol. The largest absolute Gasteiger partial charge is 0.390 e. The first kappa shape index (κ1) is 16.5. The molecule has 0 fully saturated rings. The first-order valence-corrected chi connectivity index (χ1v) is 7.34. The van der Waals surface area contributed by atoms with Crippen LogP contribution in [-0.4, -0.2) is 21.6 Å². The van der Waals surface area contributed by atoms with Crippen molar-refractivity contribution >= 4 is 5.82 Å². The molecule has 0 unspecified atom stereocenters. The molecule has 2 N–H and O–H groups in total. The van der Waals surface area contributed by atoms with Gasteiger partial charge in [0.2, 0.25) is 0 Å². The number of terminal acetylenes is 1. The third kappa shape index (κ3) is 6.03. The molecule has 0 aliphatic rings. The number of nitrogens with zero attached hydrogens (tertiary/aromatic N) is 2. The first-order valence-electron chi connectivity index (χ1n) is 7.34. The van der Waals surface area contributed by atoms with Crippen molar-refractivity contribution in [3.8, 4) is 12.3 Å². The standard InChI is InChI=1S/C16H25N3O/c1-4-14-11-18-16(15(12-20)19-14)17-10-8-6-5-7-9-13(2)3/h1,11,13,20H,5-10,12H2,2-3H3,(H,17,18). The summed E-state index contributed by atoms with van der Waals surface area (Å²) >= 11 is 0. The molecular formula is C16H25N3O. The van der Waals surface area contributed by atoms with Gasteiger partial charge in [0.15, 0.2) is 0 Å². The summed E-state index contributed by atoms with van der Waals surface area (Å²) in [6.45, 7) is 5.21. The van der Waals surface area contributed by atoms with E-state index in [9.17, 15) is 5.11 Å². The van der Waals surface area contributed by atoms with Crippen LogP contribution in [0.15, 0.2) is 6.20 Å². The summed E-state index contributed by atoms with van der Waals surface area (Å²) in [4.78, 5) is 8.35. The molecule has 1 aromatic heterocycles. The highest BCUT2D eigenvalue weighted by atomic mass is 16.3. The quantitative estimate of drug-likeness (QED) is 0.537. The van der Waals surface area contributed by atoms with Gasteiger partial charge >= 0.3 is 0 Å². The Morgan fingerprint density at radius 1 is 1.30 bits per heavy atom. The van der Waals surface area contributed by atoms with Gasteiger partial charge in [-0.3, -0.25) is 0 Å². The van der Waals surface area contributed by atoms with Crippen molar-refractivity contribution in [1.29, 1.82) is 0 Å². The van der Waals surface area contributed by atoms with E-state index in [-0.39, 0.29) is 6.61 Å². The van der Waals surface area contributed by atoms with Gasteiger partial charge in [-0.05, 0) is 18.3 Å². The van der Waals surface area contributed by atoms with Gasteiger partial charge < -0.3 is 10.4 Å². The average molecular weight is 275 g/mol. The van der Waals surface area contributed by atoms with Crippen molar-refractivity contribution in [3.63, 3.8) is 0 Å². The molecule has 0 atom stereocenters. The van der Waals surface area contributed by atoms with Crippen LogP contribution in [0.5, 0.6) is 0 Å². The Morgan fingerprint density at radius 3 is 2.70 bits per heavy atom. The van der Waals surface area contributed by atoms with E-state index in [0.717, 1.165) is 18.9 Å². The number of unbranched alkanes of at least 4 members (excludes halogenated alkanes) is 3. The fourth-order valence-electron chi connectivity index (χ4n) is 1.99. The number of aromatic nitrogens is 2. The number of aliphatic hydroxyl groups excluding tert-OH is 1. The molecule has 0 bridgehead atoms. The molecule has 0 aliphatic carbocycles. The summed E-state index contributed by atoms with van der Waals surface area (Å²) in [6, 6.07) is 0. The van der Waals surface area contributed by atoms with E-state index in [1.807, 2.05) is 0 Å². The fraction of sp³-hybridized carbons (Fsp3) is 0.625. The lowest BCUT2D eigenvalue weighted by Crippen LogP contribution is -2.08. The van der Waals surface area contributed by atoms with Gasteiger partial charge in [0, 0.05) is 6.54 Å². The lowest BCUT2D eigenvalue weighted by molar-refractivity contribution is 0.277. The molecule has 1 aromatic rings. The molecule has 0 spiro atoms. The summed E-state index contributed by atoms with van der Waals surface area (Å²) in [5.41, 5.74) is 0.966. The number of aliphatic hydroxyl groups is 1. The minimum atomic E-state index is -0.154. The fourth-order valence-corrected chi connectivity index (χ4v) is 1.99. The lowest BCUT2D eigenvalue weighted by Gasteiger charge is -2.09. The van der Waals surface area contributed by atoms with Gasteiger partial charge in [-0.1, -0.05) is 39.5 Å². The topological polar surface area (TPSA) is 58.0 Å². The van der Waals surface area contributed by atoms with Crippen LogP contribution in [0.1, 0.15) is 57.3 Å². The minimum Gasteiger partial charge on any atom is -0.390 e. The Morgan fingerprint density at radius 2 is 2.05 bits per heavy atom. The highest BCUT2D eigenvalue weighted by molar-refractivity contribution is 5.41. The maximum atomic E-state index is 9.25. The van der Waals surface area contributed by atoms with E-state index in [0.29, 0.717) is 17.2 Å². The van der Waals surface area contributed by atoms with E-state index in [4.69, 9.17) is 6.42 Å². The van der Waals surface area contributed by atoms with E-state index in [1.54, 1.807) is 6.20 Å². The van der Waals surface area contributed by atoms with Crippen molar-refractivity contribution in [1.82, 2.24) is 9.97 Å². The van der Waals surface area contributed by atoms with Gasteiger partial charge in [0.1, 0.15) is 17.2 Å². The van der Waals surface area contributed by atoms with Crippen molar-refractivity contribution in [3.05, 3.63) is 17.6 Å². The second-order valence-electron chi connectivity index (χ2n) is 5.38. The summed E-state index contributed by atoms with van der Waals surface area (Å²) in [5, 5.41) is 12.5. The summed E-state index contributed by atoms with van der Waals surface area (Å²) in [6.07, 6.45) is 13.0. The first-order chi connectivity index (χ1) is 9.67. The molecule has 0 radical (unpaired) electrons. The third-order valence-corrected chi connectivity index (χ3v) is 3.14. The minimum absolute atomic E-state index is 0.154. The summed E-state index contributed by atoms with van der Waals surface area (Å²) < 4.78 is 0. The molecule has 0 aromatic carbocycles. The molecule has 4 heteroatoms. The van der Waals surface area contributed by atoms with Crippen molar-refractivity contribution in [2.75, 3.05) is 11.9 Å². The van der Waals surface area contributed by atoms with Gasteiger partial charge in [-0.2, -0.15) is 0 Å².